The van der Waals surface area contributed by atoms with E-state index >= 15 is 0 Å². The van der Waals surface area contributed by atoms with E-state index in [1.54, 1.807) is 0 Å². The Bertz CT molecular complexity index is 535. The molecule has 3 nitrogen and oxygen atoms in total. The van der Waals surface area contributed by atoms with Crippen molar-refractivity contribution >= 4 is 32.6 Å². The summed E-state index contributed by atoms with van der Waals surface area (Å²) in [5.41, 5.74) is 0. The van der Waals surface area contributed by atoms with Crippen LogP contribution in [-0.4, -0.2) is 46.4 Å². The van der Waals surface area contributed by atoms with Crippen LogP contribution in [0.1, 0.15) is 67.7 Å². The Labute approximate surface area is 191 Å². The zero-order chi connectivity index (χ0) is 22.7. The van der Waals surface area contributed by atoms with E-state index in [-0.39, 0.29) is 28.4 Å². The fourth-order valence-electron chi connectivity index (χ4n) is 2.81. The Morgan fingerprint density at radius 1 is 0.966 bits per heavy atom. The first-order chi connectivity index (χ1) is 13.0. The molecular formula is C23H47BrO3Si2. The van der Waals surface area contributed by atoms with Crippen LogP contribution in [0.5, 0.6) is 0 Å². The fraction of sp³-hybridized carbons (Fsp3) is 0.913. The molecule has 0 saturated heterocycles. The van der Waals surface area contributed by atoms with E-state index < -0.39 is 16.6 Å². The molecule has 0 fully saturated rings. The summed E-state index contributed by atoms with van der Waals surface area (Å²) in [6.45, 7) is 25.9. The van der Waals surface area contributed by atoms with Gasteiger partial charge in [-0.05, 0) is 55.5 Å². The predicted octanol–water partition coefficient (Wildman–Crippen LogP) is 7.68. The van der Waals surface area contributed by atoms with Gasteiger partial charge in [-0.15, -0.1) is 0 Å². The molecule has 0 aromatic rings. The molecule has 0 aromatic carbocycles. The molecule has 0 aliphatic carbocycles. The van der Waals surface area contributed by atoms with E-state index in [4.69, 9.17) is 13.6 Å². The van der Waals surface area contributed by atoms with Crippen molar-refractivity contribution in [2.75, 3.05) is 6.61 Å². The zero-order valence-electron chi connectivity index (χ0n) is 20.9. The Hall–Kier alpha value is 0.534. The van der Waals surface area contributed by atoms with Gasteiger partial charge in [-0.25, -0.2) is 0 Å². The first-order valence-corrected chi connectivity index (χ1v) is 18.0. The highest BCUT2D eigenvalue weighted by Gasteiger charge is 2.43. The third-order valence-corrected chi connectivity index (χ3v) is 17.4. The number of rotatable bonds is 7. The van der Waals surface area contributed by atoms with Crippen LogP contribution in [0.4, 0.5) is 0 Å². The summed E-state index contributed by atoms with van der Waals surface area (Å²) >= 11 is 3.84. The van der Waals surface area contributed by atoms with E-state index in [1.165, 1.54) is 0 Å². The van der Waals surface area contributed by atoms with E-state index in [1.807, 2.05) is 0 Å². The molecule has 4 atom stereocenters. The van der Waals surface area contributed by atoms with Gasteiger partial charge in [-0.2, -0.15) is 0 Å². The lowest BCUT2D eigenvalue weighted by atomic mass is 10.0. The van der Waals surface area contributed by atoms with Gasteiger partial charge in [0.2, 0.25) is 0 Å². The van der Waals surface area contributed by atoms with Gasteiger partial charge in [-0.1, -0.05) is 76.5 Å². The van der Waals surface area contributed by atoms with Crippen molar-refractivity contribution in [3.05, 3.63) is 12.2 Å². The quantitative estimate of drug-likeness (QED) is 0.201. The summed E-state index contributed by atoms with van der Waals surface area (Å²) in [5.74, 6) is 0. The molecule has 29 heavy (non-hydrogen) atoms. The molecule has 0 aromatic heterocycles. The molecule has 1 aliphatic rings. The zero-order valence-corrected chi connectivity index (χ0v) is 24.5. The third-order valence-electron chi connectivity index (χ3n) is 7.13. The maximum Gasteiger partial charge on any atom is 0.192 e. The van der Waals surface area contributed by atoms with Crippen molar-refractivity contribution in [1.29, 1.82) is 0 Å². The molecule has 1 rings (SSSR count). The highest BCUT2D eigenvalue weighted by Crippen LogP contribution is 2.40. The third kappa shape index (κ3) is 7.87. The van der Waals surface area contributed by atoms with Crippen LogP contribution >= 0.6 is 15.9 Å². The molecule has 0 radical (unpaired) electrons. The maximum absolute atomic E-state index is 6.89. The second kappa shape index (κ2) is 10.4. The molecular weight excluding hydrogens is 460 g/mol. The van der Waals surface area contributed by atoms with Gasteiger partial charge in [0.25, 0.3) is 0 Å². The second-order valence-electron chi connectivity index (χ2n) is 11.6. The molecule has 0 amide bonds. The summed E-state index contributed by atoms with van der Waals surface area (Å²) in [6.07, 6.45) is 7.58. The van der Waals surface area contributed by atoms with E-state index in [0.717, 1.165) is 19.3 Å². The van der Waals surface area contributed by atoms with Gasteiger partial charge in [-0.3, -0.25) is 0 Å². The van der Waals surface area contributed by atoms with Crippen LogP contribution in [0.25, 0.3) is 0 Å². The fourth-order valence-corrected chi connectivity index (χ4v) is 5.52. The standard InChI is InChI=1S/C23H47BrO3Si2/c1-12-18(24)19-15-13-14-16-20(27-29(10,11)23(5,6)7)21(26-19)17-25-28(8,9)22(2,3)4/h13-14,18-21H,12,15-17H2,1-11H3/b14-13-/t18-,19+,20-,21-/m0/s1. The van der Waals surface area contributed by atoms with Crippen molar-refractivity contribution in [2.45, 2.75) is 127 Å². The minimum Gasteiger partial charge on any atom is -0.414 e. The van der Waals surface area contributed by atoms with Gasteiger partial charge in [0, 0.05) is 4.83 Å². The average molecular weight is 508 g/mol. The summed E-state index contributed by atoms with van der Waals surface area (Å²) in [5, 5.41) is 0.357. The number of ether oxygens (including phenoxy) is 1. The number of hydrogen-bond acceptors (Lipinski definition) is 3. The summed E-state index contributed by atoms with van der Waals surface area (Å²) in [7, 11) is -3.77. The number of alkyl halides is 1. The molecule has 1 aliphatic heterocycles. The summed E-state index contributed by atoms with van der Waals surface area (Å²) < 4.78 is 20.2. The molecule has 172 valence electrons. The number of hydrogen-bond donors (Lipinski definition) is 0. The van der Waals surface area contributed by atoms with Crippen LogP contribution in [0.2, 0.25) is 36.3 Å². The molecule has 0 saturated carbocycles. The molecule has 6 heteroatoms. The van der Waals surface area contributed by atoms with E-state index in [2.05, 4.69) is 103 Å². The first-order valence-electron chi connectivity index (χ1n) is 11.3. The van der Waals surface area contributed by atoms with Gasteiger partial charge < -0.3 is 13.6 Å². The molecule has 0 N–H and O–H groups in total. The Morgan fingerprint density at radius 2 is 1.48 bits per heavy atom. The van der Waals surface area contributed by atoms with Crippen molar-refractivity contribution < 1.29 is 13.6 Å². The normalized spacial score (nSPS) is 27.2. The van der Waals surface area contributed by atoms with Crippen molar-refractivity contribution in [3.63, 3.8) is 0 Å². The lowest BCUT2D eigenvalue weighted by Crippen LogP contribution is -2.51. The lowest BCUT2D eigenvalue weighted by molar-refractivity contribution is -0.0907. The van der Waals surface area contributed by atoms with E-state index in [9.17, 15) is 0 Å². The largest absolute Gasteiger partial charge is 0.414 e. The smallest absolute Gasteiger partial charge is 0.192 e. The molecule has 0 spiro atoms. The molecule has 0 bridgehead atoms. The lowest BCUT2D eigenvalue weighted by Gasteiger charge is -2.44. The Morgan fingerprint density at radius 3 is 1.97 bits per heavy atom. The Kier molecular flexibility index (Phi) is 9.92. The SMILES string of the molecule is CC[C@H](Br)[C@H]1C/C=C\C[C@H](O[Si](C)(C)C(C)(C)C)[C@H](CO[Si](C)(C)C(C)(C)C)O1. The maximum atomic E-state index is 6.89. The minimum absolute atomic E-state index is 0.0382. The van der Waals surface area contributed by atoms with Gasteiger partial charge in [0.1, 0.15) is 6.10 Å². The van der Waals surface area contributed by atoms with Crippen LogP contribution in [0, 0.1) is 0 Å². The topological polar surface area (TPSA) is 27.7 Å². The number of halogens is 1. The van der Waals surface area contributed by atoms with Crippen LogP contribution in [0.3, 0.4) is 0 Å². The Balaban J connectivity index is 3.13. The average Bonchev–Trinajstić information content (AvgIpc) is 2.54. The van der Waals surface area contributed by atoms with Crippen LogP contribution < -0.4 is 0 Å². The van der Waals surface area contributed by atoms with E-state index in [0.29, 0.717) is 11.4 Å². The predicted molar refractivity (Wildman–Crippen MR) is 135 cm³/mol. The highest BCUT2D eigenvalue weighted by molar-refractivity contribution is 9.09. The second-order valence-corrected chi connectivity index (χ2v) is 22.3. The van der Waals surface area contributed by atoms with Crippen molar-refractivity contribution in [2.24, 2.45) is 0 Å². The molecule has 0 unspecified atom stereocenters. The highest BCUT2D eigenvalue weighted by atomic mass is 79.9. The van der Waals surface area contributed by atoms with Crippen LogP contribution in [0.15, 0.2) is 12.2 Å². The van der Waals surface area contributed by atoms with Gasteiger partial charge in [0.15, 0.2) is 16.6 Å². The van der Waals surface area contributed by atoms with Crippen LogP contribution in [-0.2, 0) is 13.6 Å². The monoisotopic (exact) mass is 506 g/mol. The molecule has 1 heterocycles. The first kappa shape index (κ1) is 27.6. The van der Waals surface area contributed by atoms with Crippen molar-refractivity contribution in [3.8, 4) is 0 Å². The van der Waals surface area contributed by atoms with Crippen molar-refractivity contribution in [1.82, 2.24) is 0 Å². The van der Waals surface area contributed by atoms with Gasteiger partial charge in [0.05, 0.1) is 18.8 Å². The van der Waals surface area contributed by atoms with Gasteiger partial charge >= 0.3 is 0 Å². The summed E-state index contributed by atoms with van der Waals surface area (Å²) in [4.78, 5) is 0.342. The minimum atomic E-state index is -1.91. The summed E-state index contributed by atoms with van der Waals surface area (Å²) in [6, 6.07) is 0.